The van der Waals surface area contributed by atoms with E-state index in [9.17, 15) is 10.1 Å². The summed E-state index contributed by atoms with van der Waals surface area (Å²) in [5, 5.41) is 13.4. The lowest BCUT2D eigenvalue weighted by Crippen LogP contribution is -2.39. The first-order valence-corrected chi connectivity index (χ1v) is 9.88. The van der Waals surface area contributed by atoms with Gasteiger partial charge in [0.15, 0.2) is 5.65 Å². The molecule has 0 spiro atoms. The van der Waals surface area contributed by atoms with Gasteiger partial charge in [0.05, 0.1) is 22.9 Å². The number of carbonyl (C=O) groups is 1. The van der Waals surface area contributed by atoms with Gasteiger partial charge in [-0.05, 0) is 56.0 Å². The predicted octanol–water partition coefficient (Wildman–Crippen LogP) is 4.85. The molecule has 1 atom stereocenters. The van der Waals surface area contributed by atoms with Crippen LogP contribution < -0.4 is 5.32 Å². The van der Waals surface area contributed by atoms with Gasteiger partial charge in [0, 0.05) is 36.1 Å². The fourth-order valence-electron chi connectivity index (χ4n) is 3.82. The lowest BCUT2D eigenvalue weighted by molar-refractivity contribution is 0.0684. The molecule has 0 radical (unpaired) electrons. The molecule has 3 aromatic rings. The quantitative estimate of drug-likeness (QED) is 0.653. The number of halogens is 1. The summed E-state index contributed by atoms with van der Waals surface area (Å²) >= 11 is 0. The van der Waals surface area contributed by atoms with E-state index in [-0.39, 0.29) is 18.3 Å². The molecule has 1 aromatic carbocycles. The van der Waals surface area contributed by atoms with Crippen molar-refractivity contribution in [1.82, 2.24) is 14.9 Å². The third kappa shape index (κ3) is 4.37. The van der Waals surface area contributed by atoms with E-state index in [4.69, 9.17) is 0 Å². The average molecular weight is 422 g/mol. The molecule has 30 heavy (non-hydrogen) atoms. The van der Waals surface area contributed by atoms with Gasteiger partial charge in [-0.25, -0.2) is 9.97 Å². The lowest BCUT2D eigenvalue weighted by atomic mass is 9.99. The van der Waals surface area contributed by atoms with Crippen molar-refractivity contribution in [1.29, 1.82) is 5.26 Å². The maximum Gasteiger partial charge on any atom is 0.257 e. The molecule has 0 aliphatic carbocycles. The molecule has 6 nitrogen and oxygen atoms in total. The minimum absolute atomic E-state index is 0. The zero-order chi connectivity index (χ0) is 20.4. The van der Waals surface area contributed by atoms with Crippen LogP contribution in [0.5, 0.6) is 0 Å². The molecular weight excluding hydrogens is 398 g/mol. The van der Waals surface area contributed by atoms with E-state index in [1.807, 2.05) is 36.1 Å². The Labute approximate surface area is 182 Å². The van der Waals surface area contributed by atoms with Gasteiger partial charge in [-0.2, -0.15) is 5.26 Å². The number of hydrogen-bond donors (Lipinski definition) is 1. The van der Waals surface area contributed by atoms with Crippen molar-refractivity contribution >= 4 is 40.7 Å². The van der Waals surface area contributed by atoms with Crippen LogP contribution in [0.25, 0.3) is 11.0 Å². The van der Waals surface area contributed by atoms with Gasteiger partial charge in [-0.3, -0.25) is 4.79 Å². The molecule has 1 N–H and O–H groups in total. The van der Waals surface area contributed by atoms with E-state index in [0.717, 1.165) is 42.7 Å². The van der Waals surface area contributed by atoms with Crippen LogP contribution in [-0.4, -0.2) is 33.9 Å². The Morgan fingerprint density at radius 3 is 2.90 bits per heavy atom. The van der Waals surface area contributed by atoms with E-state index < -0.39 is 0 Å². The topological polar surface area (TPSA) is 81.9 Å². The van der Waals surface area contributed by atoms with Crippen molar-refractivity contribution in [2.75, 3.05) is 18.4 Å². The van der Waals surface area contributed by atoms with E-state index >= 15 is 0 Å². The molecular formula is C23H24ClN5O. The number of piperidine rings is 1. The molecule has 1 aliphatic heterocycles. The number of pyridine rings is 2. The van der Waals surface area contributed by atoms with Crippen LogP contribution in [0, 0.1) is 24.2 Å². The Bertz CT molecular complexity index is 1120. The first-order chi connectivity index (χ1) is 14.0. The number of aromatic nitrogens is 2. The first kappa shape index (κ1) is 21.5. The SMILES string of the molecule is Cc1ccc2c(Nc3cccc(C#N)c3)c(C(=O)N3CCCC(C)C3)cnc2n1.Cl. The van der Waals surface area contributed by atoms with Gasteiger partial charge in [-0.1, -0.05) is 13.0 Å². The van der Waals surface area contributed by atoms with Crippen LogP contribution in [0.15, 0.2) is 42.6 Å². The van der Waals surface area contributed by atoms with Crippen molar-refractivity contribution in [3.8, 4) is 6.07 Å². The van der Waals surface area contributed by atoms with Gasteiger partial charge in [0.2, 0.25) is 0 Å². The van der Waals surface area contributed by atoms with Gasteiger partial charge in [-0.15, -0.1) is 12.4 Å². The maximum atomic E-state index is 13.4. The Morgan fingerprint density at radius 1 is 1.30 bits per heavy atom. The Balaban J connectivity index is 0.00000256. The van der Waals surface area contributed by atoms with Crippen LogP contribution in [0.4, 0.5) is 11.4 Å². The summed E-state index contributed by atoms with van der Waals surface area (Å²) in [6.45, 7) is 5.61. The molecule has 2 aromatic heterocycles. The number of likely N-dealkylation sites (tertiary alicyclic amines) is 1. The highest BCUT2D eigenvalue weighted by molar-refractivity contribution is 6.07. The lowest BCUT2D eigenvalue weighted by Gasteiger charge is -2.31. The number of nitrogens with one attached hydrogen (secondary N) is 1. The summed E-state index contributed by atoms with van der Waals surface area (Å²) in [6, 6.07) is 13.2. The van der Waals surface area contributed by atoms with Crippen LogP contribution in [-0.2, 0) is 0 Å². The summed E-state index contributed by atoms with van der Waals surface area (Å²) in [5.74, 6) is 0.472. The molecule has 0 bridgehead atoms. The highest BCUT2D eigenvalue weighted by Crippen LogP contribution is 2.31. The van der Waals surface area contributed by atoms with Gasteiger partial charge < -0.3 is 10.2 Å². The van der Waals surface area contributed by atoms with Crippen LogP contribution in [0.3, 0.4) is 0 Å². The second kappa shape index (κ2) is 9.10. The number of benzene rings is 1. The Kier molecular flexibility index (Phi) is 6.53. The van der Waals surface area contributed by atoms with Crippen LogP contribution in [0.2, 0.25) is 0 Å². The summed E-state index contributed by atoms with van der Waals surface area (Å²) in [6.07, 6.45) is 3.78. The predicted molar refractivity (Wildman–Crippen MR) is 120 cm³/mol. The number of carbonyl (C=O) groups excluding carboxylic acids is 1. The largest absolute Gasteiger partial charge is 0.354 e. The van der Waals surface area contributed by atoms with Crippen molar-refractivity contribution in [3.63, 3.8) is 0 Å². The van der Waals surface area contributed by atoms with E-state index in [1.54, 1.807) is 18.3 Å². The molecule has 3 heterocycles. The summed E-state index contributed by atoms with van der Waals surface area (Å²) in [7, 11) is 0. The number of amides is 1. The molecule has 1 unspecified atom stereocenters. The zero-order valence-electron chi connectivity index (χ0n) is 17.1. The van der Waals surface area contributed by atoms with Crippen LogP contribution >= 0.6 is 12.4 Å². The minimum atomic E-state index is -0.0227. The summed E-state index contributed by atoms with van der Waals surface area (Å²) < 4.78 is 0. The van der Waals surface area contributed by atoms with Crippen molar-refractivity contribution < 1.29 is 4.79 Å². The molecule has 1 saturated heterocycles. The summed E-state index contributed by atoms with van der Waals surface area (Å²) in [4.78, 5) is 24.2. The normalized spacial score (nSPS) is 15.9. The number of nitrogens with zero attached hydrogens (tertiary/aromatic N) is 4. The second-order valence-corrected chi connectivity index (χ2v) is 7.69. The van der Waals surface area contributed by atoms with Gasteiger partial charge >= 0.3 is 0 Å². The number of nitriles is 1. The highest BCUT2D eigenvalue weighted by atomic mass is 35.5. The second-order valence-electron chi connectivity index (χ2n) is 7.69. The Morgan fingerprint density at radius 2 is 2.13 bits per heavy atom. The van der Waals surface area contributed by atoms with Crippen LogP contribution in [0.1, 0.15) is 41.4 Å². The molecule has 4 rings (SSSR count). The number of aryl methyl sites for hydroxylation is 1. The average Bonchev–Trinajstić information content (AvgIpc) is 2.73. The third-order valence-electron chi connectivity index (χ3n) is 5.30. The molecule has 1 fully saturated rings. The van der Waals surface area contributed by atoms with Crippen molar-refractivity contribution in [2.45, 2.75) is 26.7 Å². The first-order valence-electron chi connectivity index (χ1n) is 9.88. The Hall–Kier alpha value is -3.17. The third-order valence-corrected chi connectivity index (χ3v) is 5.30. The number of fused-ring (bicyclic) bond motifs is 1. The molecule has 1 amide bonds. The minimum Gasteiger partial charge on any atom is -0.354 e. The van der Waals surface area contributed by atoms with E-state index in [0.29, 0.717) is 28.4 Å². The number of hydrogen-bond acceptors (Lipinski definition) is 5. The van der Waals surface area contributed by atoms with Gasteiger partial charge in [0.1, 0.15) is 0 Å². The molecule has 0 saturated carbocycles. The number of rotatable bonds is 3. The zero-order valence-corrected chi connectivity index (χ0v) is 17.9. The van der Waals surface area contributed by atoms with Crippen molar-refractivity contribution in [2.24, 2.45) is 5.92 Å². The number of anilines is 2. The molecule has 154 valence electrons. The monoisotopic (exact) mass is 421 g/mol. The fraction of sp³-hybridized carbons (Fsp3) is 0.304. The van der Waals surface area contributed by atoms with E-state index in [2.05, 4.69) is 28.3 Å². The molecule has 7 heteroatoms. The maximum absolute atomic E-state index is 13.4. The fourth-order valence-corrected chi connectivity index (χ4v) is 3.82. The van der Waals surface area contributed by atoms with Gasteiger partial charge in [0.25, 0.3) is 5.91 Å². The van der Waals surface area contributed by atoms with E-state index in [1.165, 1.54) is 0 Å². The molecule has 1 aliphatic rings. The standard InChI is InChI=1S/C23H23N5O.ClH/c1-15-5-4-10-28(14-15)23(29)20-13-25-22-19(9-8-16(2)26-22)21(20)27-18-7-3-6-17(11-18)12-24;/h3,6-9,11,13,15H,4-5,10,14H2,1-2H3,(H,25,26,27);1H. The smallest absolute Gasteiger partial charge is 0.257 e. The van der Waals surface area contributed by atoms with Crippen molar-refractivity contribution in [3.05, 3.63) is 59.4 Å². The summed E-state index contributed by atoms with van der Waals surface area (Å²) in [5.41, 5.74) is 3.97. The highest BCUT2D eigenvalue weighted by Gasteiger charge is 2.25.